The minimum Gasteiger partial charge on any atom is -0.480 e. The number of aliphatic carboxylic acids is 1. The molecule has 0 saturated carbocycles. The fourth-order valence-corrected chi connectivity index (χ4v) is 1.72. The van der Waals surface area contributed by atoms with Crippen LogP contribution in [0.5, 0.6) is 0 Å². The fraction of sp³-hybridized carbons (Fsp3) is 0.778. The van der Waals surface area contributed by atoms with Gasteiger partial charge in [-0.15, -0.1) is 0 Å². The second-order valence-corrected chi connectivity index (χ2v) is 3.97. The highest BCUT2D eigenvalue weighted by Crippen LogP contribution is 2.19. The molecule has 3 atom stereocenters. The highest BCUT2D eigenvalue weighted by atomic mass is 16.4. The van der Waals surface area contributed by atoms with E-state index < -0.39 is 18.1 Å². The molecule has 1 rings (SSSR count). The molecule has 0 radical (unpaired) electrons. The van der Waals surface area contributed by atoms with Gasteiger partial charge >= 0.3 is 5.97 Å². The van der Waals surface area contributed by atoms with Crippen molar-refractivity contribution in [2.24, 2.45) is 5.73 Å². The summed E-state index contributed by atoms with van der Waals surface area (Å²) in [7, 11) is 0. The van der Waals surface area contributed by atoms with Crippen molar-refractivity contribution in [1.82, 2.24) is 4.90 Å². The van der Waals surface area contributed by atoms with Crippen molar-refractivity contribution >= 4 is 11.9 Å². The number of carbonyl (C=O) groups is 2. The number of likely N-dealkylation sites (tertiary alicyclic amines) is 1. The first kappa shape index (κ1) is 11.9. The lowest BCUT2D eigenvalue weighted by atomic mass is 10.2. The molecule has 4 N–H and O–H groups in total. The van der Waals surface area contributed by atoms with Crippen LogP contribution >= 0.6 is 0 Å². The minimum atomic E-state index is -1.08. The maximum Gasteiger partial charge on any atom is 0.326 e. The summed E-state index contributed by atoms with van der Waals surface area (Å²) < 4.78 is 0. The van der Waals surface area contributed by atoms with Crippen LogP contribution in [0.4, 0.5) is 0 Å². The smallest absolute Gasteiger partial charge is 0.326 e. The number of β-amino-alcohol motifs (C(OH)–C–C–N with tert-alkyl or cyclic N) is 1. The number of carboxylic acid groups (broad SMARTS) is 1. The zero-order valence-corrected chi connectivity index (χ0v) is 8.59. The van der Waals surface area contributed by atoms with E-state index in [-0.39, 0.29) is 31.3 Å². The van der Waals surface area contributed by atoms with Crippen molar-refractivity contribution < 1.29 is 19.8 Å². The van der Waals surface area contributed by atoms with Gasteiger partial charge in [-0.25, -0.2) is 4.79 Å². The van der Waals surface area contributed by atoms with Crippen LogP contribution in [-0.4, -0.2) is 51.7 Å². The Morgan fingerprint density at radius 3 is 2.67 bits per heavy atom. The van der Waals surface area contributed by atoms with E-state index >= 15 is 0 Å². The summed E-state index contributed by atoms with van der Waals surface area (Å²) in [4.78, 5) is 23.6. The third-order valence-electron chi connectivity index (χ3n) is 2.38. The van der Waals surface area contributed by atoms with Gasteiger partial charge in [0.05, 0.1) is 6.10 Å². The third kappa shape index (κ3) is 2.90. The Hall–Kier alpha value is -1.14. The van der Waals surface area contributed by atoms with Gasteiger partial charge in [0.25, 0.3) is 0 Å². The second-order valence-electron chi connectivity index (χ2n) is 3.97. The van der Waals surface area contributed by atoms with E-state index in [2.05, 4.69) is 0 Å². The number of carboxylic acids is 1. The van der Waals surface area contributed by atoms with Gasteiger partial charge in [0.15, 0.2) is 0 Å². The van der Waals surface area contributed by atoms with E-state index in [1.54, 1.807) is 6.92 Å². The molecule has 15 heavy (non-hydrogen) atoms. The molecule has 6 nitrogen and oxygen atoms in total. The van der Waals surface area contributed by atoms with Crippen LogP contribution in [0.2, 0.25) is 0 Å². The standard InChI is InChI=1S/C9H16N2O4/c1-5(10)2-8(13)11-4-6(12)3-7(11)9(14)15/h5-7,12H,2-4,10H2,1H3,(H,14,15)/t5?,6-,7-/m1/s1. The van der Waals surface area contributed by atoms with Gasteiger partial charge in [0.1, 0.15) is 6.04 Å². The molecule has 1 fully saturated rings. The van der Waals surface area contributed by atoms with Gasteiger partial charge in [-0.05, 0) is 6.92 Å². The highest BCUT2D eigenvalue weighted by Gasteiger charge is 2.38. The lowest BCUT2D eigenvalue weighted by Crippen LogP contribution is -2.42. The molecule has 6 heteroatoms. The average molecular weight is 216 g/mol. The SMILES string of the molecule is CC(N)CC(=O)N1C[C@H](O)C[C@@H]1C(=O)O. The van der Waals surface area contributed by atoms with Crippen LogP contribution in [0.1, 0.15) is 19.8 Å². The lowest BCUT2D eigenvalue weighted by Gasteiger charge is -2.21. The monoisotopic (exact) mass is 216 g/mol. The average Bonchev–Trinajstić information content (AvgIpc) is 2.46. The summed E-state index contributed by atoms with van der Waals surface area (Å²) in [6, 6.07) is -1.21. The predicted octanol–water partition coefficient (Wildman–Crippen LogP) is -1.23. The minimum absolute atomic E-state index is 0.0858. The fourth-order valence-electron chi connectivity index (χ4n) is 1.72. The molecular weight excluding hydrogens is 200 g/mol. The summed E-state index contributed by atoms with van der Waals surface area (Å²) in [5.74, 6) is -1.39. The maximum absolute atomic E-state index is 11.6. The van der Waals surface area contributed by atoms with Gasteiger partial charge in [-0.1, -0.05) is 0 Å². The first-order valence-corrected chi connectivity index (χ1v) is 4.87. The Morgan fingerprint density at radius 2 is 2.20 bits per heavy atom. The van der Waals surface area contributed by atoms with Crippen LogP contribution in [0.25, 0.3) is 0 Å². The number of aliphatic hydroxyl groups is 1. The van der Waals surface area contributed by atoms with Gasteiger partial charge in [0, 0.05) is 25.4 Å². The highest BCUT2D eigenvalue weighted by molar-refractivity contribution is 5.84. The van der Waals surface area contributed by atoms with Gasteiger partial charge in [-0.2, -0.15) is 0 Å². The first-order chi connectivity index (χ1) is 6.91. The number of carbonyl (C=O) groups excluding carboxylic acids is 1. The summed E-state index contributed by atoms with van der Waals surface area (Å²) in [5, 5.41) is 18.2. The first-order valence-electron chi connectivity index (χ1n) is 4.87. The molecule has 1 heterocycles. The number of nitrogens with zero attached hydrogens (tertiary/aromatic N) is 1. The van der Waals surface area contributed by atoms with Crippen LogP contribution in [0.15, 0.2) is 0 Å². The Balaban J connectivity index is 2.66. The van der Waals surface area contributed by atoms with E-state index in [1.165, 1.54) is 4.90 Å². The second kappa shape index (κ2) is 4.59. The largest absolute Gasteiger partial charge is 0.480 e. The zero-order valence-electron chi connectivity index (χ0n) is 8.59. The molecule has 0 aromatic heterocycles. The van der Waals surface area contributed by atoms with E-state index in [9.17, 15) is 14.7 Å². The quantitative estimate of drug-likeness (QED) is 0.548. The summed E-state index contributed by atoms with van der Waals surface area (Å²) >= 11 is 0. The maximum atomic E-state index is 11.6. The van der Waals surface area contributed by atoms with Crippen molar-refractivity contribution in [3.8, 4) is 0 Å². The topological polar surface area (TPSA) is 104 Å². The van der Waals surface area contributed by atoms with Gasteiger partial charge < -0.3 is 20.8 Å². The Morgan fingerprint density at radius 1 is 1.60 bits per heavy atom. The summed E-state index contributed by atoms with van der Waals surface area (Å²) in [6.45, 7) is 1.77. The van der Waals surface area contributed by atoms with Crippen molar-refractivity contribution in [2.75, 3.05) is 6.54 Å². The van der Waals surface area contributed by atoms with Gasteiger partial charge in [-0.3, -0.25) is 4.79 Å². The van der Waals surface area contributed by atoms with Gasteiger partial charge in [0.2, 0.25) is 5.91 Å². The molecule has 0 spiro atoms. The van der Waals surface area contributed by atoms with Crippen molar-refractivity contribution in [1.29, 1.82) is 0 Å². The molecule has 0 aliphatic carbocycles. The number of rotatable bonds is 3. The van der Waals surface area contributed by atoms with Crippen LogP contribution in [0.3, 0.4) is 0 Å². The number of hydrogen-bond acceptors (Lipinski definition) is 4. The number of nitrogens with two attached hydrogens (primary N) is 1. The predicted molar refractivity (Wildman–Crippen MR) is 52.0 cm³/mol. The molecule has 0 bridgehead atoms. The van der Waals surface area contributed by atoms with Crippen molar-refractivity contribution in [3.63, 3.8) is 0 Å². The van der Waals surface area contributed by atoms with E-state index in [0.717, 1.165) is 0 Å². The molecule has 1 amide bonds. The lowest BCUT2D eigenvalue weighted by molar-refractivity contribution is -0.148. The number of amides is 1. The molecule has 1 aliphatic heterocycles. The molecule has 1 saturated heterocycles. The zero-order chi connectivity index (χ0) is 11.6. The summed E-state index contributed by atoms with van der Waals surface area (Å²) in [6.07, 6.45) is -0.542. The third-order valence-corrected chi connectivity index (χ3v) is 2.38. The van der Waals surface area contributed by atoms with E-state index in [0.29, 0.717) is 0 Å². The van der Waals surface area contributed by atoms with Crippen molar-refractivity contribution in [2.45, 2.75) is 38.0 Å². The Bertz CT molecular complexity index is 267. The Kier molecular flexibility index (Phi) is 3.65. The Labute approximate surface area is 87.7 Å². The van der Waals surface area contributed by atoms with Crippen molar-refractivity contribution in [3.05, 3.63) is 0 Å². The number of aliphatic hydroxyl groups excluding tert-OH is 1. The molecule has 1 aliphatic rings. The molecule has 0 aromatic carbocycles. The molecule has 0 aromatic rings. The normalized spacial score (nSPS) is 27.8. The molecular formula is C9H16N2O4. The van der Waals surface area contributed by atoms with E-state index in [4.69, 9.17) is 10.8 Å². The molecule has 1 unspecified atom stereocenters. The summed E-state index contributed by atoms with van der Waals surface area (Å²) in [5.41, 5.74) is 5.46. The van der Waals surface area contributed by atoms with E-state index in [1.807, 2.05) is 0 Å². The number of hydrogen-bond donors (Lipinski definition) is 3. The van der Waals surface area contributed by atoms with Crippen LogP contribution in [0, 0.1) is 0 Å². The van der Waals surface area contributed by atoms with Crippen LogP contribution < -0.4 is 5.73 Å². The van der Waals surface area contributed by atoms with Crippen LogP contribution in [-0.2, 0) is 9.59 Å². The molecule has 86 valence electrons.